The predicted molar refractivity (Wildman–Crippen MR) is 113 cm³/mol. The highest BCUT2D eigenvalue weighted by Crippen LogP contribution is 2.40. The molecule has 3 aromatic heterocycles. The van der Waals surface area contributed by atoms with E-state index in [-0.39, 0.29) is 11.9 Å². The van der Waals surface area contributed by atoms with E-state index in [9.17, 15) is 4.79 Å². The Labute approximate surface area is 171 Å². The minimum atomic E-state index is -0.0454. The van der Waals surface area contributed by atoms with Gasteiger partial charge in [-0.05, 0) is 58.6 Å². The fourth-order valence-corrected chi connectivity index (χ4v) is 3.92. The molecule has 1 unspecified atom stereocenters. The van der Waals surface area contributed by atoms with Gasteiger partial charge in [-0.15, -0.1) is 0 Å². The van der Waals surface area contributed by atoms with E-state index in [2.05, 4.69) is 42.4 Å². The normalized spacial score (nSPS) is 15.0. The number of amides is 1. The van der Waals surface area contributed by atoms with Crippen LogP contribution in [0.5, 0.6) is 0 Å². The van der Waals surface area contributed by atoms with Crippen LogP contribution in [-0.2, 0) is 6.54 Å². The highest BCUT2D eigenvalue weighted by atomic mass is 16.1. The van der Waals surface area contributed by atoms with Crippen molar-refractivity contribution < 1.29 is 4.79 Å². The van der Waals surface area contributed by atoms with Crippen LogP contribution in [0.4, 0.5) is 0 Å². The molecule has 154 valence electrons. The van der Waals surface area contributed by atoms with Crippen LogP contribution in [0.25, 0.3) is 11.0 Å². The Morgan fingerprint density at radius 1 is 1.31 bits per heavy atom. The average molecular weight is 395 g/mol. The first-order valence-corrected chi connectivity index (χ1v) is 10.6. The van der Waals surface area contributed by atoms with E-state index in [4.69, 9.17) is 4.98 Å². The van der Waals surface area contributed by atoms with Gasteiger partial charge in [0.1, 0.15) is 0 Å². The molecule has 0 aromatic carbocycles. The van der Waals surface area contributed by atoms with Crippen LogP contribution < -0.4 is 5.32 Å². The first kappa shape index (κ1) is 19.6. The monoisotopic (exact) mass is 394 g/mol. The second-order valence-corrected chi connectivity index (χ2v) is 8.24. The maximum Gasteiger partial charge on any atom is 0.252 e. The van der Waals surface area contributed by atoms with Gasteiger partial charge in [0.2, 0.25) is 0 Å². The third kappa shape index (κ3) is 4.04. The fraction of sp³-hybridized carbons (Fsp3) is 0.545. The van der Waals surface area contributed by atoms with Crippen molar-refractivity contribution >= 4 is 16.9 Å². The molecular weight excluding hydrogens is 364 g/mol. The third-order valence-corrected chi connectivity index (χ3v) is 5.61. The second-order valence-electron chi connectivity index (χ2n) is 8.24. The van der Waals surface area contributed by atoms with Crippen LogP contribution in [0, 0.1) is 13.8 Å². The van der Waals surface area contributed by atoms with E-state index >= 15 is 0 Å². The molecule has 0 saturated heterocycles. The average Bonchev–Trinajstić information content (AvgIpc) is 3.38. The van der Waals surface area contributed by atoms with Gasteiger partial charge in [0.05, 0.1) is 28.9 Å². The van der Waals surface area contributed by atoms with Gasteiger partial charge in [0.15, 0.2) is 5.65 Å². The lowest BCUT2D eigenvalue weighted by molar-refractivity contribution is 0.0953. The van der Waals surface area contributed by atoms with Gasteiger partial charge in [-0.2, -0.15) is 10.2 Å². The van der Waals surface area contributed by atoms with Crippen LogP contribution in [-0.4, -0.2) is 37.0 Å². The largest absolute Gasteiger partial charge is 0.352 e. The molecular formula is C22H30N6O. The van der Waals surface area contributed by atoms with E-state index in [1.54, 1.807) is 6.20 Å². The molecule has 1 N–H and O–H groups in total. The Balaban J connectivity index is 1.50. The minimum absolute atomic E-state index is 0.0454. The molecule has 0 bridgehead atoms. The summed E-state index contributed by atoms with van der Waals surface area (Å²) in [6.45, 7) is 9.74. The molecule has 29 heavy (non-hydrogen) atoms. The molecule has 0 spiro atoms. The van der Waals surface area contributed by atoms with Crippen molar-refractivity contribution in [1.82, 2.24) is 29.9 Å². The number of aryl methyl sites for hydroxylation is 3. The molecule has 3 heterocycles. The number of carbonyl (C=O) groups is 1. The summed E-state index contributed by atoms with van der Waals surface area (Å²) in [5.41, 5.74) is 4.72. The molecule has 1 atom stereocenters. The molecule has 4 rings (SSSR count). The summed E-state index contributed by atoms with van der Waals surface area (Å²) < 4.78 is 3.95. The molecule has 1 fully saturated rings. The van der Waals surface area contributed by atoms with Crippen molar-refractivity contribution in [3.8, 4) is 0 Å². The smallest absolute Gasteiger partial charge is 0.252 e. The second kappa shape index (κ2) is 7.97. The summed E-state index contributed by atoms with van der Waals surface area (Å²) in [6.07, 6.45) is 5.90. The predicted octanol–water partition coefficient (Wildman–Crippen LogP) is 3.91. The van der Waals surface area contributed by atoms with E-state index in [1.807, 2.05) is 22.4 Å². The maximum absolute atomic E-state index is 13.0. The summed E-state index contributed by atoms with van der Waals surface area (Å²) >= 11 is 0. The lowest BCUT2D eigenvalue weighted by atomic mass is 10.1. The number of nitrogens with zero attached hydrogens (tertiary/aromatic N) is 5. The topological polar surface area (TPSA) is 77.6 Å². The summed E-state index contributed by atoms with van der Waals surface area (Å²) in [4.78, 5) is 17.8. The van der Waals surface area contributed by atoms with Crippen LogP contribution in [0.2, 0.25) is 0 Å². The Morgan fingerprint density at radius 2 is 2.10 bits per heavy atom. The van der Waals surface area contributed by atoms with Crippen molar-refractivity contribution in [1.29, 1.82) is 0 Å². The molecule has 0 radical (unpaired) electrons. The maximum atomic E-state index is 13.0. The zero-order valence-corrected chi connectivity index (χ0v) is 17.8. The van der Waals surface area contributed by atoms with Crippen LogP contribution in [0.3, 0.4) is 0 Å². The van der Waals surface area contributed by atoms with E-state index in [1.165, 1.54) is 0 Å². The van der Waals surface area contributed by atoms with E-state index < -0.39 is 0 Å². The number of fused-ring (bicyclic) bond motifs is 1. The number of aromatic nitrogens is 5. The highest BCUT2D eigenvalue weighted by molar-refractivity contribution is 6.05. The van der Waals surface area contributed by atoms with Gasteiger partial charge >= 0.3 is 0 Å². The Morgan fingerprint density at radius 3 is 2.76 bits per heavy atom. The Hall–Kier alpha value is -2.70. The van der Waals surface area contributed by atoms with Gasteiger partial charge in [-0.25, -0.2) is 9.67 Å². The molecule has 3 aromatic rings. The number of nitrogens with one attached hydrogen (secondary N) is 1. The summed E-state index contributed by atoms with van der Waals surface area (Å²) in [7, 11) is 0. The zero-order valence-electron chi connectivity index (χ0n) is 17.8. The SMILES string of the molecule is CCCn1ncc2c(C(=O)NCCC(C)n3nc(C)cc3C)cc(C3CC3)nc21. The van der Waals surface area contributed by atoms with Crippen molar-refractivity contribution in [3.05, 3.63) is 41.0 Å². The summed E-state index contributed by atoms with van der Waals surface area (Å²) in [5, 5.41) is 13.0. The van der Waals surface area contributed by atoms with Crippen molar-refractivity contribution in [2.75, 3.05) is 6.54 Å². The van der Waals surface area contributed by atoms with Crippen molar-refractivity contribution in [2.45, 2.75) is 71.9 Å². The minimum Gasteiger partial charge on any atom is -0.352 e. The number of carbonyl (C=O) groups excluding carboxylic acids is 1. The number of rotatable bonds is 8. The summed E-state index contributed by atoms with van der Waals surface area (Å²) in [5.74, 6) is 0.442. The molecule has 7 nitrogen and oxygen atoms in total. The first-order valence-electron chi connectivity index (χ1n) is 10.6. The van der Waals surface area contributed by atoms with Crippen LogP contribution in [0.15, 0.2) is 18.3 Å². The zero-order chi connectivity index (χ0) is 20.5. The number of hydrogen-bond acceptors (Lipinski definition) is 4. The molecule has 7 heteroatoms. The molecule has 1 saturated carbocycles. The van der Waals surface area contributed by atoms with Crippen molar-refractivity contribution in [2.24, 2.45) is 0 Å². The van der Waals surface area contributed by atoms with Crippen LogP contribution >= 0.6 is 0 Å². The molecule has 1 aliphatic rings. The Bertz CT molecular complexity index is 1030. The van der Waals surface area contributed by atoms with Gasteiger partial charge in [-0.1, -0.05) is 6.92 Å². The molecule has 1 amide bonds. The molecule has 1 aliphatic carbocycles. The summed E-state index contributed by atoms with van der Waals surface area (Å²) in [6, 6.07) is 4.28. The first-order chi connectivity index (χ1) is 14.0. The van der Waals surface area contributed by atoms with Gasteiger partial charge in [0.25, 0.3) is 5.91 Å². The quantitative estimate of drug-likeness (QED) is 0.628. The van der Waals surface area contributed by atoms with Gasteiger partial charge in [-0.3, -0.25) is 9.48 Å². The van der Waals surface area contributed by atoms with Crippen molar-refractivity contribution in [3.63, 3.8) is 0 Å². The van der Waals surface area contributed by atoms with E-state index in [0.717, 1.165) is 60.3 Å². The highest BCUT2D eigenvalue weighted by Gasteiger charge is 2.28. The van der Waals surface area contributed by atoms with Gasteiger partial charge < -0.3 is 5.32 Å². The number of pyridine rings is 1. The fourth-order valence-electron chi connectivity index (χ4n) is 3.92. The van der Waals surface area contributed by atoms with E-state index in [0.29, 0.717) is 18.0 Å². The standard InChI is InChI=1S/C22H30N6O/c1-5-10-27-21-19(13-24-27)18(12-20(25-21)17-6-7-17)22(29)23-9-8-15(3)28-16(4)11-14(2)26-28/h11-13,15,17H,5-10H2,1-4H3,(H,23,29). The number of hydrogen-bond donors (Lipinski definition) is 1. The lowest BCUT2D eigenvalue weighted by Gasteiger charge is -2.15. The third-order valence-electron chi connectivity index (χ3n) is 5.61. The Kier molecular flexibility index (Phi) is 5.39. The lowest BCUT2D eigenvalue weighted by Crippen LogP contribution is -2.27. The van der Waals surface area contributed by atoms with Crippen LogP contribution in [0.1, 0.15) is 78.9 Å². The van der Waals surface area contributed by atoms with Gasteiger partial charge in [0, 0.05) is 30.4 Å². The molecule has 0 aliphatic heterocycles.